The summed E-state index contributed by atoms with van der Waals surface area (Å²) in [4.78, 5) is 2.27. The highest BCUT2D eigenvalue weighted by Crippen LogP contribution is 2.40. The van der Waals surface area contributed by atoms with E-state index in [1.165, 1.54) is 6.07 Å². The van der Waals surface area contributed by atoms with Crippen molar-refractivity contribution in [2.75, 3.05) is 31.1 Å². The number of hydrogen-bond acceptors (Lipinski definition) is 5. The van der Waals surface area contributed by atoms with Crippen LogP contribution in [0.15, 0.2) is 22.8 Å². The van der Waals surface area contributed by atoms with Gasteiger partial charge in [0.25, 0.3) is 0 Å². The number of hydrogen-bond donors (Lipinski definition) is 3. The molecule has 1 fully saturated rings. The molecule has 0 atom stereocenters. The number of piperazine rings is 1. The Morgan fingerprint density at radius 3 is 2.64 bits per heavy atom. The number of aryl methyl sites for hydroxylation is 1. The molecule has 6 nitrogen and oxygen atoms in total. The molecule has 0 amide bonds. The van der Waals surface area contributed by atoms with Gasteiger partial charge in [-0.1, -0.05) is 0 Å². The summed E-state index contributed by atoms with van der Waals surface area (Å²) >= 11 is 3.30. The van der Waals surface area contributed by atoms with E-state index in [0.717, 1.165) is 44.1 Å². The van der Waals surface area contributed by atoms with Crippen LogP contribution in [0, 0.1) is 0 Å². The normalized spacial score (nSPS) is 15.3. The average molecular weight is 367 g/mol. The minimum atomic E-state index is 0.0138. The Bertz CT molecular complexity index is 680. The maximum atomic E-state index is 10.2. The summed E-state index contributed by atoms with van der Waals surface area (Å²) in [5.74, 6) is 0.0401. The van der Waals surface area contributed by atoms with Crippen molar-refractivity contribution in [2.45, 2.75) is 13.5 Å². The number of aromatic hydroxyl groups is 2. The standard InChI is InChI=1S/C15H19BrN4O2/c1-2-20-9-12(19-5-3-17-4-6-19)15(18-20)10-7-11(16)14(22)8-13(10)21/h7-9,17,21-22H,2-6H2,1H3. The molecule has 1 aromatic carbocycles. The van der Waals surface area contributed by atoms with Crippen molar-refractivity contribution in [3.8, 4) is 22.8 Å². The Balaban J connectivity index is 2.09. The molecule has 1 aliphatic heterocycles. The van der Waals surface area contributed by atoms with E-state index in [1.54, 1.807) is 6.07 Å². The zero-order valence-corrected chi connectivity index (χ0v) is 14.0. The van der Waals surface area contributed by atoms with Crippen LogP contribution in [0.4, 0.5) is 5.69 Å². The molecule has 3 N–H and O–H groups in total. The van der Waals surface area contributed by atoms with Gasteiger partial charge >= 0.3 is 0 Å². The summed E-state index contributed by atoms with van der Waals surface area (Å²) in [6, 6.07) is 3.05. The predicted octanol–water partition coefficient (Wildman–Crippen LogP) is 2.15. The fourth-order valence-electron chi connectivity index (χ4n) is 2.64. The van der Waals surface area contributed by atoms with Crippen molar-refractivity contribution in [1.29, 1.82) is 0 Å². The molecule has 2 heterocycles. The van der Waals surface area contributed by atoms with Crippen molar-refractivity contribution < 1.29 is 10.2 Å². The molecule has 0 radical (unpaired) electrons. The first-order valence-corrected chi connectivity index (χ1v) is 8.14. The van der Waals surface area contributed by atoms with E-state index < -0.39 is 0 Å². The lowest BCUT2D eigenvalue weighted by atomic mass is 10.1. The third-order valence-electron chi connectivity index (χ3n) is 3.84. The van der Waals surface area contributed by atoms with Crippen molar-refractivity contribution in [3.05, 3.63) is 22.8 Å². The smallest absolute Gasteiger partial charge is 0.133 e. The van der Waals surface area contributed by atoms with Crippen LogP contribution in [0.25, 0.3) is 11.3 Å². The Morgan fingerprint density at radius 1 is 1.23 bits per heavy atom. The molecule has 1 saturated heterocycles. The zero-order valence-electron chi connectivity index (χ0n) is 12.4. The van der Waals surface area contributed by atoms with Crippen LogP contribution in [-0.4, -0.2) is 46.2 Å². The largest absolute Gasteiger partial charge is 0.507 e. The molecule has 0 unspecified atom stereocenters. The Kier molecular flexibility index (Phi) is 4.26. The second-order valence-electron chi connectivity index (χ2n) is 5.28. The minimum absolute atomic E-state index is 0.0138. The van der Waals surface area contributed by atoms with Crippen molar-refractivity contribution in [1.82, 2.24) is 15.1 Å². The molecule has 7 heteroatoms. The fraction of sp³-hybridized carbons (Fsp3) is 0.400. The van der Waals surface area contributed by atoms with Gasteiger partial charge in [0.15, 0.2) is 0 Å². The summed E-state index contributed by atoms with van der Waals surface area (Å²) in [6.07, 6.45) is 2.01. The van der Waals surface area contributed by atoms with Crippen molar-refractivity contribution in [3.63, 3.8) is 0 Å². The number of rotatable bonds is 3. The van der Waals surface area contributed by atoms with E-state index in [0.29, 0.717) is 10.0 Å². The van der Waals surface area contributed by atoms with E-state index in [-0.39, 0.29) is 11.5 Å². The number of halogens is 1. The first kappa shape index (κ1) is 15.2. The topological polar surface area (TPSA) is 73.5 Å². The highest BCUT2D eigenvalue weighted by atomic mass is 79.9. The average Bonchev–Trinajstić information content (AvgIpc) is 2.96. The second-order valence-corrected chi connectivity index (χ2v) is 6.13. The lowest BCUT2D eigenvalue weighted by Gasteiger charge is -2.29. The lowest BCUT2D eigenvalue weighted by molar-refractivity contribution is 0.449. The maximum Gasteiger partial charge on any atom is 0.133 e. The van der Waals surface area contributed by atoms with E-state index in [9.17, 15) is 10.2 Å². The van der Waals surface area contributed by atoms with Crippen LogP contribution in [0.2, 0.25) is 0 Å². The van der Waals surface area contributed by atoms with Crippen molar-refractivity contribution >= 4 is 21.6 Å². The first-order valence-electron chi connectivity index (χ1n) is 7.35. The van der Waals surface area contributed by atoms with Crippen molar-refractivity contribution in [2.24, 2.45) is 0 Å². The molecular weight excluding hydrogens is 348 g/mol. The number of aromatic nitrogens is 2. The molecule has 118 valence electrons. The summed E-state index contributed by atoms with van der Waals surface area (Å²) in [5.41, 5.74) is 2.36. The van der Waals surface area contributed by atoms with Gasteiger partial charge in [-0.2, -0.15) is 5.10 Å². The van der Waals surface area contributed by atoms with Gasteiger partial charge in [-0.25, -0.2) is 0 Å². The molecule has 1 aliphatic rings. The molecule has 3 rings (SSSR count). The first-order chi connectivity index (χ1) is 10.6. The molecule has 0 spiro atoms. The molecule has 22 heavy (non-hydrogen) atoms. The molecular formula is C15H19BrN4O2. The molecule has 0 saturated carbocycles. The fourth-order valence-corrected chi connectivity index (χ4v) is 2.99. The van der Waals surface area contributed by atoms with Gasteiger partial charge in [0.1, 0.15) is 17.2 Å². The number of phenolic OH excluding ortho intramolecular Hbond substituents is 2. The van der Waals surface area contributed by atoms with Gasteiger partial charge in [0.05, 0.1) is 10.2 Å². The monoisotopic (exact) mass is 366 g/mol. The van der Waals surface area contributed by atoms with Gasteiger partial charge in [0, 0.05) is 50.6 Å². The van der Waals surface area contributed by atoms with Gasteiger partial charge in [-0.05, 0) is 28.9 Å². The Hall–Kier alpha value is -1.73. The van der Waals surface area contributed by atoms with Crippen LogP contribution >= 0.6 is 15.9 Å². The predicted molar refractivity (Wildman–Crippen MR) is 89.4 cm³/mol. The number of anilines is 1. The lowest BCUT2D eigenvalue weighted by Crippen LogP contribution is -2.43. The molecule has 2 aromatic rings. The van der Waals surface area contributed by atoms with E-state index >= 15 is 0 Å². The van der Waals surface area contributed by atoms with Gasteiger partial charge in [-0.15, -0.1) is 0 Å². The van der Waals surface area contributed by atoms with E-state index in [2.05, 4.69) is 31.2 Å². The van der Waals surface area contributed by atoms with Crippen LogP contribution in [0.3, 0.4) is 0 Å². The molecule has 0 bridgehead atoms. The third-order valence-corrected chi connectivity index (χ3v) is 4.48. The number of phenols is 2. The highest BCUT2D eigenvalue weighted by molar-refractivity contribution is 9.10. The maximum absolute atomic E-state index is 10.2. The van der Waals surface area contributed by atoms with Crippen LogP contribution in [0.5, 0.6) is 11.5 Å². The summed E-state index contributed by atoms with van der Waals surface area (Å²) < 4.78 is 2.41. The van der Waals surface area contributed by atoms with Crippen LogP contribution in [0.1, 0.15) is 6.92 Å². The molecule has 1 aromatic heterocycles. The Labute approximate surface area is 137 Å². The van der Waals surface area contributed by atoms with Gasteiger partial charge < -0.3 is 20.4 Å². The summed E-state index contributed by atoms with van der Waals surface area (Å²) in [7, 11) is 0. The number of nitrogens with one attached hydrogen (secondary N) is 1. The zero-order chi connectivity index (χ0) is 15.7. The number of benzene rings is 1. The number of nitrogens with zero attached hydrogens (tertiary/aromatic N) is 3. The van der Waals surface area contributed by atoms with Gasteiger partial charge in [0.2, 0.25) is 0 Å². The molecule has 0 aliphatic carbocycles. The summed E-state index contributed by atoms with van der Waals surface area (Å²) in [5, 5.41) is 27.8. The van der Waals surface area contributed by atoms with Gasteiger partial charge in [-0.3, -0.25) is 4.68 Å². The van der Waals surface area contributed by atoms with E-state index in [1.807, 2.05) is 17.8 Å². The second kappa shape index (κ2) is 6.18. The quantitative estimate of drug-likeness (QED) is 0.776. The highest BCUT2D eigenvalue weighted by Gasteiger charge is 2.21. The summed E-state index contributed by atoms with van der Waals surface area (Å²) in [6.45, 7) is 6.47. The van der Waals surface area contributed by atoms with E-state index in [4.69, 9.17) is 0 Å². The Morgan fingerprint density at radius 2 is 1.95 bits per heavy atom. The van der Waals surface area contributed by atoms with Crippen LogP contribution < -0.4 is 10.2 Å². The minimum Gasteiger partial charge on any atom is -0.507 e. The SMILES string of the molecule is CCn1cc(N2CCNCC2)c(-c2cc(Br)c(O)cc2O)n1. The van der Waals surface area contributed by atoms with Crippen LogP contribution in [-0.2, 0) is 6.54 Å². The third kappa shape index (κ3) is 2.78.